The fraction of sp³-hybridized carbons (Fsp3) is 0.700. The molecule has 0 aliphatic carbocycles. The van der Waals surface area contributed by atoms with E-state index in [-0.39, 0.29) is 0 Å². The molecule has 1 aliphatic rings. The van der Waals surface area contributed by atoms with E-state index in [1.165, 1.54) is 0 Å². The van der Waals surface area contributed by atoms with Gasteiger partial charge < -0.3 is 15.4 Å². The Labute approximate surface area is 158 Å². The molecule has 1 aromatic heterocycles. The van der Waals surface area contributed by atoms with Crippen LogP contribution in [0.3, 0.4) is 0 Å². The molecular weight excluding hydrogens is 326 g/mol. The van der Waals surface area contributed by atoms with E-state index in [1.807, 2.05) is 18.3 Å². The van der Waals surface area contributed by atoms with E-state index in [2.05, 4.69) is 47.4 Å². The van der Waals surface area contributed by atoms with Gasteiger partial charge in [-0.3, -0.25) is 14.9 Å². The van der Waals surface area contributed by atoms with Gasteiger partial charge in [0.05, 0.1) is 19.8 Å². The van der Waals surface area contributed by atoms with Gasteiger partial charge in [-0.1, -0.05) is 19.9 Å². The normalized spacial score (nSPS) is 17.3. The molecule has 2 N–H and O–H groups in total. The molecule has 2 heterocycles. The third-order valence-corrected chi connectivity index (χ3v) is 4.51. The SMILES string of the molecule is CCNC(=NCC(CC(C)C)N1CCOCC1)NCCc1ccccn1. The summed E-state index contributed by atoms with van der Waals surface area (Å²) < 4.78 is 5.51. The van der Waals surface area contributed by atoms with Crippen LogP contribution < -0.4 is 10.6 Å². The zero-order valence-corrected chi connectivity index (χ0v) is 16.6. The zero-order valence-electron chi connectivity index (χ0n) is 16.6. The van der Waals surface area contributed by atoms with Crippen molar-refractivity contribution in [3.8, 4) is 0 Å². The lowest BCUT2D eigenvalue weighted by molar-refractivity contribution is 0.0143. The Kier molecular flexibility index (Phi) is 9.42. The summed E-state index contributed by atoms with van der Waals surface area (Å²) in [5.41, 5.74) is 1.10. The highest BCUT2D eigenvalue weighted by Crippen LogP contribution is 2.14. The van der Waals surface area contributed by atoms with E-state index in [4.69, 9.17) is 9.73 Å². The molecular formula is C20H35N5O. The topological polar surface area (TPSA) is 61.8 Å². The van der Waals surface area contributed by atoms with Gasteiger partial charge in [-0.15, -0.1) is 0 Å². The summed E-state index contributed by atoms with van der Waals surface area (Å²) in [6.07, 6.45) is 3.90. The first-order chi connectivity index (χ1) is 12.7. The fourth-order valence-electron chi connectivity index (χ4n) is 3.22. The van der Waals surface area contributed by atoms with Crippen LogP contribution in [-0.2, 0) is 11.2 Å². The summed E-state index contributed by atoms with van der Waals surface area (Å²) in [5, 5.41) is 6.79. The monoisotopic (exact) mass is 361 g/mol. The highest BCUT2D eigenvalue weighted by molar-refractivity contribution is 5.79. The molecule has 2 rings (SSSR count). The molecule has 1 atom stereocenters. The highest BCUT2D eigenvalue weighted by Gasteiger charge is 2.21. The van der Waals surface area contributed by atoms with Crippen LogP contribution >= 0.6 is 0 Å². The van der Waals surface area contributed by atoms with Crippen LogP contribution in [0.2, 0.25) is 0 Å². The molecule has 6 nitrogen and oxygen atoms in total. The number of hydrogen-bond acceptors (Lipinski definition) is 4. The third kappa shape index (κ3) is 7.70. The predicted molar refractivity (Wildman–Crippen MR) is 108 cm³/mol. The molecule has 0 spiro atoms. The van der Waals surface area contributed by atoms with Crippen molar-refractivity contribution < 1.29 is 4.74 Å². The Morgan fingerprint density at radius 2 is 2.08 bits per heavy atom. The number of nitrogens with one attached hydrogen (secondary N) is 2. The second-order valence-electron chi connectivity index (χ2n) is 7.15. The van der Waals surface area contributed by atoms with Crippen LogP contribution in [0.25, 0.3) is 0 Å². The number of rotatable bonds is 9. The second-order valence-corrected chi connectivity index (χ2v) is 7.15. The molecule has 6 heteroatoms. The zero-order chi connectivity index (χ0) is 18.6. The van der Waals surface area contributed by atoms with Crippen molar-refractivity contribution >= 4 is 5.96 Å². The van der Waals surface area contributed by atoms with Crippen LogP contribution in [0.1, 0.15) is 32.9 Å². The molecule has 1 saturated heterocycles. The van der Waals surface area contributed by atoms with Gasteiger partial charge in [0.2, 0.25) is 0 Å². The van der Waals surface area contributed by atoms with E-state index in [0.29, 0.717) is 12.0 Å². The van der Waals surface area contributed by atoms with Crippen molar-refractivity contribution in [3.05, 3.63) is 30.1 Å². The van der Waals surface area contributed by atoms with E-state index >= 15 is 0 Å². The standard InChI is InChI=1S/C20H35N5O/c1-4-21-20(23-10-8-18-7-5-6-9-22-18)24-16-19(15-17(2)3)25-11-13-26-14-12-25/h5-7,9,17,19H,4,8,10-16H2,1-3H3,(H2,21,23,24). The molecule has 1 unspecified atom stereocenters. The Balaban J connectivity index is 1.88. The van der Waals surface area contributed by atoms with E-state index in [1.54, 1.807) is 0 Å². The number of nitrogens with zero attached hydrogens (tertiary/aromatic N) is 3. The van der Waals surface area contributed by atoms with Crippen LogP contribution in [-0.4, -0.2) is 67.8 Å². The van der Waals surface area contributed by atoms with Gasteiger partial charge >= 0.3 is 0 Å². The van der Waals surface area contributed by atoms with E-state index < -0.39 is 0 Å². The number of aliphatic imine (C=N–C) groups is 1. The quantitative estimate of drug-likeness (QED) is 0.520. The molecule has 0 radical (unpaired) electrons. The van der Waals surface area contributed by atoms with Crippen LogP contribution in [0, 0.1) is 5.92 Å². The maximum Gasteiger partial charge on any atom is 0.191 e. The molecule has 1 fully saturated rings. The van der Waals surface area contributed by atoms with Gasteiger partial charge in [-0.2, -0.15) is 0 Å². The van der Waals surface area contributed by atoms with Crippen molar-refractivity contribution in [2.45, 2.75) is 39.7 Å². The lowest BCUT2D eigenvalue weighted by Gasteiger charge is -2.34. The second kappa shape index (κ2) is 11.9. The van der Waals surface area contributed by atoms with Crippen molar-refractivity contribution in [2.24, 2.45) is 10.9 Å². The number of morpholine rings is 1. The maximum atomic E-state index is 5.51. The number of ether oxygens (including phenoxy) is 1. The van der Waals surface area contributed by atoms with Gasteiger partial charge in [0.25, 0.3) is 0 Å². The predicted octanol–water partition coefficient (Wildman–Crippen LogP) is 1.93. The number of guanidine groups is 1. The molecule has 0 bridgehead atoms. The van der Waals surface area contributed by atoms with Gasteiger partial charge in [0.15, 0.2) is 5.96 Å². The van der Waals surface area contributed by atoms with Gasteiger partial charge in [0.1, 0.15) is 0 Å². The van der Waals surface area contributed by atoms with Crippen molar-refractivity contribution in [3.63, 3.8) is 0 Å². The number of hydrogen-bond donors (Lipinski definition) is 2. The van der Waals surface area contributed by atoms with Crippen molar-refractivity contribution in [1.82, 2.24) is 20.5 Å². The molecule has 0 saturated carbocycles. The minimum atomic E-state index is 0.477. The summed E-state index contributed by atoms with van der Waals surface area (Å²) in [5.74, 6) is 1.56. The smallest absolute Gasteiger partial charge is 0.191 e. The minimum Gasteiger partial charge on any atom is -0.379 e. The van der Waals surface area contributed by atoms with E-state index in [0.717, 1.165) is 70.4 Å². The fourth-order valence-corrected chi connectivity index (χ4v) is 3.22. The van der Waals surface area contributed by atoms with Crippen LogP contribution in [0.5, 0.6) is 0 Å². The van der Waals surface area contributed by atoms with E-state index in [9.17, 15) is 0 Å². The Morgan fingerprint density at radius 1 is 1.27 bits per heavy atom. The third-order valence-electron chi connectivity index (χ3n) is 4.51. The summed E-state index contributed by atoms with van der Waals surface area (Å²) in [6.45, 7) is 12.9. The van der Waals surface area contributed by atoms with Crippen molar-refractivity contribution in [2.75, 3.05) is 45.9 Å². The van der Waals surface area contributed by atoms with Gasteiger partial charge in [-0.25, -0.2) is 0 Å². The molecule has 0 amide bonds. The molecule has 0 aromatic carbocycles. The lowest BCUT2D eigenvalue weighted by atomic mass is 10.0. The Hall–Kier alpha value is -1.66. The Bertz CT molecular complexity index is 514. The number of pyridine rings is 1. The summed E-state index contributed by atoms with van der Waals surface area (Å²) in [6, 6.07) is 6.51. The molecule has 26 heavy (non-hydrogen) atoms. The van der Waals surface area contributed by atoms with Crippen LogP contribution in [0.4, 0.5) is 0 Å². The lowest BCUT2D eigenvalue weighted by Crippen LogP contribution is -2.46. The Morgan fingerprint density at radius 3 is 2.73 bits per heavy atom. The summed E-state index contributed by atoms with van der Waals surface area (Å²) in [7, 11) is 0. The number of aromatic nitrogens is 1. The van der Waals surface area contributed by atoms with Gasteiger partial charge in [0, 0.05) is 50.5 Å². The molecule has 1 aliphatic heterocycles. The largest absolute Gasteiger partial charge is 0.379 e. The average molecular weight is 362 g/mol. The maximum absolute atomic E-state index is 5.51. The minimum absolute atomic E-state index is 0.477. The highest BCUT2D eigenvalue weighted by atomic mass is 16.5. The van der Waals surface area contributed by atoms with Crippen molar-refractivity contribution in [1.29, 1.82) is 0 Å². The average Bonchev–Trinajstić information content (AvgIpc) is 2.66. The summed E-state index contributed by atoms with van der Waals surface area (Å²) in [4.78, 5) is 11.8. The first kappa shape index (κ1) is 20.6. The first-order valence-electron chi connectivity index (χ1n) is 9.93. The molecule has 1 aromatic rings. The van der Waals surface area contributed by atoms with Gasteiger partial charge in [-0.05, 0) is 31.4 Å². The summed E-state index contributed by atoms with van der Waals surface area (Å²) >= 11 is 0. The van der Waals surface area contributed by atoms with Crippen LogP contribution in [0.15, 0.2) is 29.4 Å². The molecule has 146 valence electrons. The first-order valence-corrected chi connectivity index (χ1v) is 9.93.